The van der Waals surface area contributed by atoms with E-state index < -0.39 is 0 Å². The van der Waals surface area contributed by atoms with Crippen molar-refractivity contribution >= 4 is 5.78 Å². The molecule has 0 bridgehead atoms. The summed E-state index contributed by atoms with van der Waals surface area (Å²) in [6.07, 6.45) is 3.80. The van der Waals surface area contributed by atoms with Gasteiger partial charge in [0, 0.05) is 25.2 Å². The fourth-order valence-electron chi connectivity index (χ4n) is 1.96. The molecule has 1 atom stereocenters. The lowest BCUT2D eigenvalue weighted by Gasteiger charge is -2.10. The van der Waals surface area contributed by atoms with Crippen LogP contribution in [0, 0.1) is 5.92 Å². The van der Waals surface area contributed by atoms with E-state index in [4.69, 9.17) is 4.74 Å². The van der Waals surface area contributed by atoms with E-state index in [2.05, 4.69) is 13.8 Å². The highest BCUT2D eigenvalue weighted by molar-refractivity contribution is 5.95. The third-order valence-corrected chi connectivity index (χ3v) is 2.97. The van der Waals surface area contributed by atoms with Gasteiger partial charge in [-0.2, -0.15) is 0 Å². The topological polar surface area (TPSA) is 26.3 Å². The number of carbonyl (C=O) groups is 1. The molecule has 0 N–H and O–H groups in total. The monoisotopic (exact) mass is 248 g/mol. The van der Waals surface area contributed by atoms with Gasteiger partial charge in [-0.15, -0.1) is 0 Å². The molecule has 18 heavy (non-hydrogen) atoms. The van der Waals surface area contributed by atoms with E-state index in [1.54, 1.807) is 0 Å². The minimum Gasteiger partial charge on any atom is -0.381 e. The lowest BCUT2D eigenvalue weighted by atomic mass is 10.1. The normalized spacial score (nSPS) is 12.3. The quantitative estimate of drug-likeness (QED) is 0.486. The van der Waals surface area contributed by atoms with Crippen molar-refractivity contribution in [1.82, 2.24) is 0 Å². The maximum absolute atomic E-state index is 11.8. The van der Waals surface area contributed by atoms with Crippen molar-refractivity contribution in [3.8, 4) is 0 Å². The van der Waals surface area contributed by atoms with Crippen LogP contribution in [0.4, 0.5) is 0 Å². The lowest BCUT2D eigenvalue weighted by Crippen LogP contribution is -2.08. The predicted octanol–water partition coefficient (Wildman–Crippen LogP) is 4.10. The van der Waals surface area contributed by atoms with Gasteiger partial charge in [0.1, 0.15) is 0 Å². The molecule has 0 spiro atoms. The average molecular weight is 248 g/mol. The number of rotatable bonds is 9. The molecule has 0 amide bonds. The Balaban J connectivity index is 2.10. The molecule has 2 nitrogen and oxygen atoms in total. The van der Waals surface area contributed by atoms with Crippen LogP contribution in [0.5, 0.6) is 0 Å². The molecule has 0 heterocycles. The van der Waals surface area contributed by atoms with Crippen LogP contribution in [-0.2, 0) is 4.74 Å². The summed E-state index contributed by atoms with van der Waals surface area (Å²) in [5, 5.41) is 0. The highest BCUT2D eigenvalue weighted by Crippen LogP contribution is 2.07. The van der Waals surface area contributed by atoms with Gasteiger partial charge in [0.05, 0.1) is 0 Å². The Morgan fingerprint density at radius 2 is 2.00 bits per heavy atom. The van der Waals surface area contributed by atoms with Crippen LogP contribution in [0.3, 0.4) is 0 Å². The van der Waals surface area contributed by atoms with Gasteiger partial charge in [-0.05, 0) is 18.8 Å². The van der Waals surface area contributed by atoms with Crippen LogP contribution < -0.4 is 0 Å². The minimum atomic E-state index is 0.209. The number of Topliss-reactive ketones (excluding diaryl/α,β-unsaturated/α-hetero) is 1. The summed E-state index contributed by atoms with van der Waals surface area (Å²) in [5.41, 5.74) is 0.803. The molecule has 2 heteroatoms. The second kappa shape index (κ2) is 8.87. The first kappa shape index (κ1) is 14.9. The van der Waals surface area contributed by atoms with Gasteiger partial charge < -0.3 is 4.74 Å². The maximum atomic E-state index is 11.8. The van der Waals surface area contributed by atoms with Crippen LogP contribution in [-0.4, -0.2) is 19.0 Å². The van der Waals surface area contributed by atoms with Crippen molar-refractivity contribution in [3.05, 3.63) is 35.9 Å². The molecule has 1 aromatic rings. The number of benzene rings is 1. The zero-order chi connectivity index (χ0) is 13.2. The molecule has 0 aliphatic heterocycles. The zero-order valence-electron chi connectivity index (χ0n) is 11.5. The second-order valence-corrected chi connectivity index (χ2v) is 4.86. The van der Waals surface area contributed by atoms with Crippen molar-refractivity contribution in [1.29, 1.82) is 0 Å². The first-order chi connectivity index (χ1) is 8.74. The van der Waals surface area contributed by atoms with Gasteiger partial charge >= 0.3 is 0 Å². The smallest absolute Gasteiger partial charge is 0.162 e. The molecule has 1 aromatic carbocycles. The molecule has 1 unspecified atom stereocenters. The molecule has 0 aromatic heterocycles. The van der Waals surface area contributed by atoms with Crippen molar-refractivity contribution < 1.29 is 9.53 Å². The third-order valence-electron chi connectivity index (χ3n) is 2.97. The fraction of sp³-hybridized carbons (Fsp3) is 0.562. The summed E-state index contributed by atoms with van der Waals surface area (Å²) in [7, 11) is 0. The largest absolute Gasteiger partial charge is 0.381 e. The lowest BCUT2D eigenvalue weighted by molar-refractivity contribution is 0.0871. The van der Waals surface area contributed by atoms with Gasteiger partial charge in [0.25, 0.3) is 0 Å². The Morgan fingerprint density at radius 3 is 2.67 bits per heavy atom. The van der Waals surface area contributed by atoms with E-state index in [1.165, 1.54) is 12.8 Å². The van der Waals surface area contributed by atoms with Gasteiger partial charge in [-0.3, -0.25) is 4.79 Å². The van der Waals surface area contributed by atoms with E-state index in [9.17, 15) is 4.79 Å². The molecule has 0 aliphatic carbocycles. The average Bonchev–Trinajstić information content (AvgIpc) is 2.39. The molecule has 0 aliphatic rings. The SMILES string of the molecule is CCCC(C)COCCCC(=O)c1ccccc1. The van der Waals surface area contributed by atoms with E-state index in [-0.39, 0.29) is 5.78 Å². The number of ketones is 1. The standard InChI is InChI=1S/C16H24O2/c1-3-8-14(2)13-18-12-7-11-16(17)15-9-5-4-6-10-15/h4-6,9-10,14H,3,7-8,11-13H2,1-2H3. The Kier molecular flexibility index (Phi) is 7.35. The first-order valence-electron chi connectivity index (χ1n) is 6.90. The number of hydrogen-bond donors (Lipinski definition) is 0. The van der Waals surface area contributed by atoms with E-state index in [1.807, 2.05) is 30.3 Å². The highest BCUT2D eigenvalue weighted by Gasteiger charge is 2.05. The van der Waals surface area contributed by atoms with E-state index in [0.717, 1.165) is 18.6 Å². The molecule has 1 rings (SSSR count). The van der Waals surface area contributed by atoms with Crippen LogP contribution in [0.25, 0.3) is 0 Å². The fourth-order valence-corrected chi connectivity index (χ4v) is 1.96. The highest BCUT2D eigenvalue weighted by atomic mass is 16.5. The third kappa shape index (κ3) is 5.97. The molecule has 0 radical (unpaired) electrons. The first-order valence-corrected chi connectivity index (χ1v) is 6.90. The predicted molar refractivity (Wildman–Crippen MR) is 74.9 cm³/mol. The van der Waals surface area contributed by atoms with E-state index >= 15 is 0 Å². The minimum absolute atomic E-state index is 0.209. The molecular weight excluding hydrogens is 224 g/mol. The molecule has 0 saturated carbocycles. The number of ether oxygens (including phenoxy) is 1. The van der Waals surface area contributed by atoms with Crippen LogP contribution in [0.1, 0.15) is 49.9 Å². The van der Waals surface area contributed by atoms with Crippen molar-refractivity contribution in [3.63, 3.8) is 0 Å². The zero-order valence-corrected chi connectivity index (χ0v) is 11.5. The molecule has 100 valence electrons. The summed E-state index contributed by atoms with van der Waals surface area (Å²) in [6.45, 7) is 5.90. The van der Waals surface area contributed by atoms with Crippen molar-refractivity contribution in [2.75, 3.05) is 13.2 Å². The van der Waals surface area contributed by atoms with Crippen molar-refractivity contribution in [2.24, 2.45) is 5.92 Å². The molecular formula is C16H24O2. The van der Waals surface area contributed by atoms with Crippen LogP contribution >= 0.6 is 0 Å². The molecule has 0 fully saturated rings. The van der Waals surface area contributed by atoms with Crippen LogP contribution in [0.15, 0.2) is 30.3 Å². The molecule has 0 saturated heterocycles. The van der Waals surface area contributed by atoms with Gasteiger partial charge in [0.15, 0.2) is 5.78 Å². The Hall–Kier alpha value is -1.15. The Labute approximate surface area is 110 Å². The van der Waals surface area contributed by atoms with Gasteiger partial charge in [-0.1, -0.05) is 50.6 Å². The number of carbonyl (C=O) groups excluding carboxylic acids is 1. The van der Waals surface area contributed by atoms with Gasteiger partial charge in [-0.25, -0.2) is 0 Å². The summed E-state index contributed by atoms with van der Waals surface area (Å²) < 4.78 is 5.58. The summed E-state index contributed by atoms with van der Waals surface area (Å²) in [6, 6.07) is 9.46. The maximum Gasteiger partial charge on any atom is 0.162 e. The van der Waals surface area contributed by atoms with Gasteiger partial charge in [0.2, 0.25) is 0 Å². The Bertz CT molecular complexity index is 332. The second-order valence-electron chi connectivity index (χ2n) is 4.86. The Morgan fingerprint density at radius 1 is 1.28 bits per heavy atom. The van der Waals surface area contributed by atoms with Crippen molar-refractivity contribution in [2.45, 2.75) is 39.5 Å². The summed E-state index contributed by atoms with van der Waals surface area (Å²) >= 11 is 0. The number of hydrogen-bond acceptors (Lipinski definition) is 2. The van der Waals surface area contributed by atoms with E-state index in [0.29, 0.717) is 18.9 Å². The summed E-state index contributed by atoms with van der Waals surface area (Å²) in [5.74, 6) is 0.834. The summed E-state index contributed by atoms with van der Waals surface area (Å²) in [4.78, 5) is 11.8. The van der Waals surface area contributed by atoms with Crippen LogP contribution in [0.2, 0.25) is 0 Å².